The number of hydrogen-bond acceptors (Lipinski definition) is 6. The van der Waals surface area contributed by atoms with Crippen LogP contribution in [0.25, 0.3) is 0 Å². The number of anilines is 2. The highest BCUT2D eigenvalue weighted by molar-refractivity contribution is 7.90. The number of halogens is 1. The number of benzene rings is 2. The van der Waals surface area contributed by atoms with Crippen LogP contribution >= 0.6 is 12.2 Å². The number of nitro benzene ring substituents is 1. The molecule has 0 atom stereocenters. The van der Waals surface area contributed by atoms with Gasteiger partial charge >= 0.3 is 0 Å². The Labute approximate surface area is 160 Å². The fraction of sp³-hybridized carbons (Fsp3) is 0.188. The minimum absolute atomic E-state index is 0.123. The van der Waals surface area contributed by atoms with Crippen molar-refractivity contribution in [3.8, 4) is 0 Å². The Kier molecular flexibility index (Phi) is 6.64. The summed E-state index contributed by atoms with van der Waals surface area (Å²) < 4.78 is 35.9. The van der Waals surface area contributed by atoms with Gasteiger partial charge in [-0.05, 0) is 48.6 Å². The van der Waals surface area contributed by atoms with Gasteiger partial charge in [-0.25, -0.2) is 12.8 Å². The zero-order chi connectivity index (χ0) is 20.0. The monoisotopic (exact) mass is 412 g/mol. The van der Waals surface area contributed by atoms with Gasteiger partial charge in [0.2, 0.25) is 0 Å². The quantitative estimate of drug-likeness (QED) is 0.275. The van der Waals surface area contributed by atoms with Gasteiger partial charge in [0.25, 0.3) is 5.69 Å². The number of thiocarbonyl (C=S) groups is 1. The third-order valence-corrected chi connectivity index (χ3v) is 4.78. The van der Waals surface area contributed by atoms with Crippen LogP contribution in [0.1, 0.15) is 0 Å². The molecule has 0 saturated carbocycles. The highest BCUT2D eigenvalue weighted by Gasteiger charge is 2.18. The maximum atomic E-state index is 12.8. The second kappa shape index (κ2) is 8.73. The molecule has 0 heterocycles. The van der Waals surface area contributed by atoms with E-state index in [4.69, 9.17) is 12.2 Å². The summed E-state index contributed by atoms with van der Waals surface area (Å²) in [5.74, 6) is -0.355. The Morgan fingerprint density at radius 3 is 2.44 bits per heavy atom. The van der Waals surface area contributed by atoms with Gasteiger partial charge in [0, 0.05) is 31.1 Å². The molecule has 0 fully saturated rings. The molecule has 144 valence electrons. The molecule has 0 aliphatic rings. The van der Waals surface area contributed by atoms with E-state index in [-0.39, 0.29) is 22.1 Å². The van der Waals surface area contributed by atoms with Crippen LogP contribution in [0, 0.1) is 15.9 Å². The standard InChI is InChI=1S/C16H17FN4O4S2/c1-27(24,25)13-6-7-14(15(10-13)21(22)23)18-8-9-19-16(26)20-12-4-2-11(17)3-5-12/h2-7,10,18H,8-9H2,1H3,(H2,19,20,26). The molecule has 2 aromatic carbocycles. The van der Waals surface area contributed by atoms with Crippen molar-refractivity contribution in [3.05, 3.63) is 58.4 Å². The number of sulfone groups is 1. The highest BCUT2D eigenvalue weighted by atomic mass is 32.2. The molecule has 0 spiro atoms. The van der Waals surface area contributed by atoms with Gasteiger partial charge in [-0.1, -0.05) is 0 Å². The number of nitrogens with zero attached hydrogens (tertiary/aromatic N) is 1. The fourth-order valence-electron chi connectivity index (χ4n) is 2.12. The van der Waals surface area contributed by atoms with E-state index in [1.165, 1.54) is 36.4 Å². The summed E-state index contributed by atoms with van der Waals surface area (Å²) in [6.45, 7) is 0.641. The molecule has 2 rings (SSSR count). The van der Waals surface area contributed by atoms with E-state index in [9.17, 15) is 22.9 Å². The Morgan fingerprint density at radius 2 is 1.85 bits per heavy atom. The van der Waals surface area contributed by atoms with Crippen molar-refractivity contribution in [1.29, 1.82) is 0 Å². The minimum Gasteiger partial charge on any atom is -0.378 e. The zero-order valence-electron chi connectivity index (χ0n) is 14.2. The largest absolute Gasteiger partial charge is 0.378 e. The summed E-state index contributed by atoms with van der Waals surface area (Å²) in [6, 6.07) is 9.34. The molecule has 0 aromatic heterocycles. The Balaban J connectivity index is 1.90. The first-order valence-corrected chi connectivity index (χ1v) is 9.99. The molecular weight excluding hydrogens is 395 g/mol. The van der Waals surface area contributed by atoms with Crippen LogP contribution < -0.4 is 16.0 Å². The van der Waals surface area contributed by atoms with Crippen LogP contribution in [0.4, 0.5) is 21.5 Å². The number of nitrogens with one attached hydrogen (secondary N) is 3. The topological polar surface area (TPSA) is 113 Å². The van der Waals surface area contributed by atoms with Crippen LogP contribution in [0.3, 0.4) is 0 Å². The lowest BCUT2D eigenvalue weighted by atomic mass is 10.2. The molecular formula is C16H17FN4O4S2. The second-order valence-corrected chi connectivity index (χ2v) is 7.95. The lowest BCUT2D eigenvalue weighted by Gasteiger charge is -2.12. The van der Waals surface area contributed by atoms with Crippen molar-refractivity contribution >= 4 is 44.2 Å². The van der Waals surface area contributed by atoms with Crippen LogP contribution in [0.2, 0.25) is 0 Å². The van der Waals surface area contributed by atoms with E-state index < -0.39 is 14.8 Å². The maximum absolute atomic E-state index is 12.8. The summed E-state index contributed by atoms with van der Waals surface area (Å²) in [5.41, 5.74) is 0.491. The third-order valence-electron chi connectivity index (χ3n) is 3.42. The van der Waals surface area contributed by atoms with Crippen molar-refractivity contribution < 1.29 is 17.7 Å². The van der Waals surface area contributed by atoms with Gasteiger partial charge in [-0.2, -0.15) is 0 Å². The summed E-state index contributed by atoms with van der Waals surface area (Å²) in [6.07, 6.45) is 0.984. The molecule has 0 saturated heterocycles. The molecule has 27 heavy (non-hydrogen) atoms. The maximum Gasteiger partial charge on any atom is 0.293 e. The molecule has 0 aliphatic carbocycles. The van der Waals surface area contributed by atoms with Crippen LogP contribution in [-0.4, -0.2) is 37.8 Å². The summed E-state index contributed by atoms with van der Waals surface area (Å²) >= 11 is 5.11. The lowest BCUT2D eigenvalue weighted by Crippen LogP contribution is -2.32. The van der Waals surface area contributed by atoms with Crippen LogP contribution in [-0.2, 0) is 9.84 Å². The average molecular weight is 412 g/mol. The molecule has 11 heteroatoms. The van der Waals surface area contributed by atoms with E-state index >= 15 is 0 Å². The van der Waals surface area contributed by atoms with E-state index in [1.54, 1.807) is 0 Å². The van der Waals surface area contributed by atoms with E-state index in [0.29, 0.717) is 23.9 Å². The predicted octanol–water partition coefficient (Wildman–Crippen LogP) is 2.54. The summed E-state index contributed by atoms with van der Waals surface area (Å²) in [7, 11) is -3.54. The first kappa shape index (κ1) is 20.5. The normalized spacial score (nSPS) is 10.9. The van der Waals surface area contributed by atoms with Gasteiger partial charge in [-0.15, -0.1) is 0 Å². The van der Waals surface area contributed by atoms with Gasteiger partial charge in [-0.3, -0.25) is 10.1 Å². The van der Waals surface area contributed by atoms with Crippen molar-refractivity contribution in [2.24, 2.45) is 0 Å². The number of rotatable bonds is 7. The van der Waals surface area contributed by atoms with E-state index in [2.05, 4.69) is 16.0 Å². The molecule has 3 N–H and O–H groups in total. The van der Waals surface area contributed by atoms with Crippen molar-refractivity contribution in [2.75, 3.05) is 30.0 Å². The van der Waals surface area contributed by atoms with Crippen molar-refractivity contribution in [1.82, 2.24) is 5.32 Å². The Hall–Kier alpha value is -2.79. The lowest BCUT2D eigenvalue weighted by molar-refractivity contribution is -0.384. The van der Waals surface area contributed by atoms with Crippen molar-refractivity contribution in [3.63, 3.8) is 0 Å². The van der Waals surface area contributed by atoms with Gasteiger partial charge < -0.3 is 16.0 Å². The second-order valence-electron chi connectivity index (χ2n) is 5.52. The Morgan fingerprint density at radius 1 is 1.19 bits per heavy atom. The fourth-order valence-corrected chi connectivity index (χ4v) is 2.99. The average Bonchev–Trinajstić information content (AvgIpc) is 2.59. The van der Waals surface area contributed by atoms with Crippen molar-refractivity contribution in [2.45, 2.75) is 4.90 Å². The first-order chi connectivity index (χ1) is 12.7. The van der Waals surface area contributed by atoms with Crippen LogP contribution in [0.5, 0.6) is 0 Å². The Bertz CT molecular complexity index is 949. The molecule has 0 bridgehead atoms. The molecule has 0 radical (unpaired) electrons. The summed E-state index contributed by atoms with van der Waals surface area (Å²) in [5, 5.41) is 20.1. The molecule has 0 unspecified atom stereocenters. The van der Waals surface area contributed by atoms with Crippen LogP contribution in [0.15, 0.2) is 47.4 Å². The molecule has 8 nitrogen and oxygen atoms in total. The SMILES string of the molecule is CS(=O)(=O)c1ccc(NCCNC(=S)Nc2ccc(F)cc2)c([N+](=O)[O-])c1. The highest BCUT2D eigenvalue weighted by Crippen LogP contribution is 2.27. The van der Waals surface area contributed by atoms with Gasteiger partial charge in [0.05, 0.1) is 9.82 Å². The molecule has 2 aromatic rings. The van der Waals surface area contributed by atoms with Gasteiger partial charge in [0.15, 0.2) is 14.9 Å². The predicted molar refractivity (Wildman–Crippen MR) is 105 cm³/mol. The van der Waals surface area contributed by atoms with Gasteiger partial charge in [0.1, 0.15) is 11.5 Å². The van der Waals surface area contributed by atoms with E-state index in [0.717, 1.165) is 12.3 Å². The van der Waals surface area contributed by atoms with E-state index in [1.807, 2.05) is 0 Å². The summed E-state index contributed by atoms with van der Waals surface area (Å²) in [4.78, 5) is 10.4. The third kappa shape index (κ3) is 6.15. The molecule has 0 aliphatic heterocycles. The number of hydrogen-bond donors (Lipinski definition) is 3. The smallest absolute Gasteiger partial charge is 0.293 e. The zero-order valence-corrected chi connectivity index (χ0v) is 15.9. The first-order valence-electron chi connectivity index (χ1n) is 7.69. The number of nitro groups is 1. The minimum atomic E-state index is -3.54. The molecule has 0 amide bonds.